The van der Waals surface area contributed by atoms with Gasteiger partial charge in [0.15, 0.2) is 5.69 Å². The second kappa shape index (κ2) is 7.37. The van der Waals surface area contributed by atoms with Crippen molar-refractivity contribution in [3.05, 3.63) is 47.8 Å². The summed E-state index contributed by atoms with van der Waals surface area (Å²) >= 11 is 0. The van der Waals surface area contributed by atoms with Crippen LogP contribution >= 0.6 is 0 Å². The minimum Gasteiger partial charge on any atom is -0.391 e. The zero-order chi connectivity index (χ0) is 16.1. The molecule has 1 aliphatic rings. The molecule has 1 aliphatic carbocycles. The van der Waals surface area contributed by atoms with E-state index < -0.39 is 6.10 Å². The molecule has 1 aromatic heterocycles. The van der Waals surface area contributed by atoms with E-state index in [0.29, 0.717) is 12.5 Å². The van der Waals surface area contributed by atoms with Crippen LogP contribution in [0.2, 0.25) is 0 Å². The number of aliphatic hydroxyl groups excluding tert-OH is 1. The maximum Gasteiger partial charge on any atom is 0.273 e. The molecule has 0 radical (unpaired) electrons. The molecule has 122 valence electrons. The Morgan fingerprint density at radius 3 is 2.78 bits per heavy atom. The summed E-state index contributed by atoms with van der Waals surface area (Å²) in [6.45, 7) is 0.848. The molecule has 1 fully saturated rings. The van der Waals surface area contributed by atoms with Crippen molar-refractivity contribution >= 4 is 5.91 Å². The van der Waals surface area contributed by atoms with Gasteiger partial charge in [-0.05, 0) is 24.3 Å². The van der Waals surface area contributed by atoms with E-state index >= 15 is 0 Å². The van der Waals surface area contributed by atoms with Crippen molar-refractivity contribution in [3.8, 4) is 0 Å². The van der Waals surface area contributed by atoms with Crippen LogP contribution in [0.15, 0.2) is 36.5 Å². The lowest BCUT2D eigenvalue weighted by molar-refractivity contribution is 0.0836. The number of rotatable bonds is 6. The fourth-order valence-corrected chi connectivity index (χ4v) is 3.05. The molecule has 6 heteroatoms. The number of nitrogens with zero attached hydrogens (tertiary/aromatic N) is 3. The normalized spacial score (nSPS) is 16.4. The highest BCUT2D eigenvalue weighted by atomic mass is 16.3. The van der Waals surface area contributed by atoms with Gasteiger partial charge in [-0.25, -0.2) is 4.68 Å². The lowest BCUT2D eigenvalue weighted by atomic mass is 10.0. The first kappa shape index (κ1) is 15.7. The zero-order valence-electron chi connectivity index (χ0n) is 13.1. The van der Waals surface area contributed by atoms with Crippen molar-refractivity contribution in [1.29, 1.82) is 0 Å². The first-order valence-corrected chi connectivity index (χ1v) is 8.12. The molecule has 0 aliphatic heterocycles. The Balaban J connectivity index is 1.51. The standard InChI is InChI=1S/C17H22N4O2/c22-16(14-8-4-5-9-14)10-18-17(23)15-12-21(20-19-15)11-13-6-2-1-3-7-13/h1-3,6-7,12,14,16,22H,4-5,8-11H2,(H,18,23). The topological polar surface area (TPSA) is 80.0 Å². The number of amides is 1. The van der Waals surface area contributed by atoms with Gasteiger partial charge in [0.1, 0.15) is 0 Å². The fourth-order valence-electron chi connectivity index (χ4n) is 3.05. The monoisotopic (exact) mass is 314 g/mol. The number of carbonyl (C=O) groups is 1. The Hall–Kier alpha value is -2.21. The van der Waals surface area contributed by atoms with E-state index in [1.807, 2.05) is 30.3 Å². The van der Waals surface area contributed by atoms with Crippen LogP contribution in [0, 0.1) is 5.92 Å². The number of hydrogen-bond donors (Lipinski definition) is 2. The van der Waals surface area contributed by atoms with E-state index in [0.717, 1.165) is 18.4 Å². The molecule has 23 heavy (non-hydrogen) atoms. The van der Waals surface area contributed by atoms with Crippen molar-refractivity contribution in [1.82, 2.24) is 20.3 Å². The number of carbonyl (C=O) groups excluding carboxylic acids is 1. The molecular formula is C17H22N4O2. The smallest absolute Gasteiger partial charge is 0.273 e. The van der Waals surface area contributed by atoms with Gasteiger partial charge < -0.3 is 10.4 Å². The maximum atomic E-state index is 12.1. The summed E-state index contributed by atoms with van der Waals surface area (Å²) in [4.78, 5) is 12.1. The predicted molar refractivity (Wildman–Crippen MR) is 85.9 cm³/mol. The van der Waals surface area contributed by atoms with Gasteiger partial charge in [-0.1, -0.05) is 48.4 Å². The third kappa shape index (κ3) is 4.16. The second-order valence-electron chi connectivity index (χ2n) is 6.11. The van der Waals surface area contributed by atoms with Gasteiger partial charge in [-0.3, -0.25) is 4.79 Å². The zero-order valence-corrected chi connectivity index (χ0v) is 13.1. The lowest BCUT2D eigenvalue weighted by Gasteiger charge is -2.17. The van der Waals surface area contributed by atoms with Crippen molar-refractivity contribution < 1.29 is 9.90 Å². The first-order valence-electron chi connectivity index (χ1n) is 8.12. The summed E-state index contributed by atoms with van der Waals surface area (Å²) in [7, 11) is 0. The van der Waals surface area contributed by atoms with Crippen LogP contribution < -0.4 is 5.32 Å². The lowest BCUT2D eigenvalue weighted by Crippen LogP contribution is -2.35. The molecular weight excluding hydrogens is 292 g/mol. The molecule has 1 unspecified atom stereocenters. The summed E-state index contributed by atoms with van der Waals surface area (Å²) < 4.78 is 1.64. The summed E-state index contributed by atoms with van der Waals surface area (Å²) in [6.07, 6.45) is 5.59. The maximum absolute atomic E-state index is 12.1. The summed E-state index contributed by atoms with van der Waals surface area (Å²) in [5.74, 6) is 0.0189. The molecule has 2 N–H and O–H groups in total. The van der Waals surface area contributed by atoms with Crippen LogP contribution in [0.1, 0.15) is 41.7 Å². The van der Waals surface area contributed by atoms with Gasteiger partial charge >= 0.3 is 0 Å². The minimum absolute atomic E-state index is 0.273. The van der Waals surface area contributed by atoms with Gasteiger partial charge in [0, 0.05) is 6.54 Å². The molecule has 0 spiro atoms. The molecule has 1 aromatic carbocycles. The Kier molecular flexibility index (Phi) is 5.02. The van der Waals surface area contributed by atoms with E-state index in [1.165, 1.54) is 12.8 Å². The summed E-state index contributed by atoms with van der Waals surface area (Å²) in [5.41, 5.74) is 1.38. The third-order valence-corrected chi connectivity index (χ3v) is 4.37. The highest BCUT2D eigenvalue weighted by Crippen LogP contribution is 2.27. The van der Waals surface area contributed by atoms with Gasteiger partial charge in [-0.15, -0.1) is 5.10 Å². The number of benzene rings is 1. The van der Waals surface area contributed by atoms with E-state index in [4.69, 9.17) is 0 Å². The number of aliphatic hydroxyl groups is 1. The average Bonchev–Trinajstić information content (AvgIpc) is 3.25. The molecule has 0 saturated heterocycles. The Bertz CT molecular complexity index is 635. The Morgan fingerprint density at radius 2 is 2.04 bits per heavy atom. The van der Waals surface area contributed by atoms with Crippen molar-refractivity contribution in [2.24, 2.45) is 5.92 Å². The number of aromatic nitrogens is 3. The fraction of sp³-hybridized carbons (Fsp3) is 0.471. The van der Waals surface area contributed by atoms with Crippen LogP contribution in [0.25, 0.3) is 0 Å². The van der Waals surface area contributed by atoms with Gasteiger partial charge in [0.2, 0.25) is 0 Å². The van der Waals surface area contributed by atoms with Crippen LogP contribution in [-0.4, -0.2) is 38.7 Å². The Labute approximate surface area is 135 Å². The quantitative estimate of drug-likeness (QED) is 0.849. The second-order valence-corrected chi connectivity index (χ2v) is 6.11. The van der Waals surface area contributed by atoms with Crippen LogP contribution in [-0.2, 0) is 6.54 Å². The minimum atomic E-state index is -0.471. The molecule has 1 heterocycles. The van der Waals surface area contributed by atoms with Crippen molar-refractivity contribution in [3.63, 3.8) is 0 Å². The van der Waals surface area contributed by atoms with E-state index in [1.54, 1.807) is 10.9 Å². The summed E-state index contributed by atoms with van der Waals surface area (Å²) in [6, 6.07) is 9.88. The molecule has 3 rings (SSSR count). The number of hydrogen-bond acceptors (Lipinski definition) is 4. The third-order valence-electron chi connectivity index (χ3n) is 4.37. The molecule has 1 atom stereocenters. The highest BCUT2D eigenvalue weighted by Gasteiger charge is 2.23. The van der Waals surface area contributed by atoms with Crippen LogP contribution in [0.5, 0.6) is 0 Å². The highest BCUT2D eigenvalue weighted by molar-refractivity contribution is 5.91. The number of nitrogens with one attached hydrogen (secondary N) is 1. The van der Waals surface area contributed by atoms with Crippen molar-refractivity contribution in [2.45, 2.75) is 38.3 Å². The molecule has 0 bridgehead atoms. The van der Waals surface area contributed by atoms with Crippen molar-refractivity contribution in [2.75, 3.05) is 6.54 Å². The molecule has 1 amide bonds. The van der Waals surface area contributed by atoms with Gasteiger partial charge in [0.25, 0.3) is 5.91 Å². The Morgan fingerprint density at radius 1 is 1.30 bits per heavy atom. The molecule has 1 saturated carbocycles. The molecule has 6 nitrogen and oxygen atoms in total. The van der Waals surface area contributed by atoms with E-state index in [9.17, 15) is 9.90 Å². The van der Waals surface area contributed by atoms with Gasteiger partial charge in [0.05, 0.1) is 18.8 Å². The average molecular weight is 314 g/mol. The van der Waals surface area contributed by atoms with Gasteiger partial charge in [-0.2, -0.15) is 0 Å². The largest absolute Gasteiger partial charge is 0.391 e. The van der Waals surface area contributed by atoms with E-state index in [-0.39, 0.29) is 18.1 Å². The van der Waals surface area contributed by atoms with Crippen LogP contribution in [0.3, 0.4) is 0 Å². The summed E-state index contributed by atoms with van der Waals surface area (Å²) in [5, 5.41) is 20.7. The molecule has 2 aromatic rings. The first-order chi connectivity index (χ1) is 11.2. The van der Waals surface area contributed by atoms with E-state index in [2.05, 4.69) is 15.6 Å². The van der Waals surface area contributed by atoms with Crippen LogP contribution in [0.4, 0.5) is 0 Å². The predicted octanol–water partition coefficient (Wildman–Crippen LogP) is 1.61. The SMILES string of the molecule is O=C(NCC(O)C1CCCC1)c1cn(Cc2ccccc2)nn1.